The first-order chi connectivity index (χ1) is 6.59. The lowest BCUT2D eigenvalue weighted by Gasteiger charge is -1.93. The predicted octanol–water partition coefficient (Wildman–Crippen LogP) is -0.468. The largest absolute Gasteiger partial charge is 0.477 e. The number of H-pyrrole nitrogens is 2. The molecule has 14 heavy (non-hydrogen) atoms. The number of hydrogen-bond donors (Lipinski definition) is 4. The average Bonchev–Trinajstić information content (AvgIpc) is 2.46. The molecule has 0 spiro atoms. The second-order valence-corrected chi connectivity index (χ2v) is 2.72. The molecule has 0 aliphatic rings. The number of nitrogens with one attached hydrogen (secondary N) is 2. The lowest BCUT2D eigenvalue weighted by atomic mass is 10.2. The third-order valence-corrected chi connectivity index (χ3v) is 1.83. The summed E-state index contributed by atoms with van der Waals surface area (Å²) in [4.78, 5) is 24.1. The van der Waals surface area contributed by atoms with Crippen LogP contribution in [-0.2, 0) is 0 Å². The lowest BCUT2D eigenvalue weighted by molar-refractivity contribution is 0.0695. The summed E-state index contributed by atoms with van der Waals surface area (Å²) < 4.78 is 0. The molecule has 72 valence electrons. The summed E-state index contributed by atoms with van der Waals surface area (Å²) in [5.41, 5.74) is 4.66. The first-order valence-corrected chi connectivity index (χ1v) is 3.70. The minimum absolute atomic E-state index is 0.221. The van der Waals surface area contributed by atoms with Crippen molar-refractivity contribution in [2.45, 2.75) is 0 Å². The molecule has 0 amide bonds. The van der Waals surface area contributed by atoms with Gasteiger partial charge in [-0.2, -0.15) is 5.10 Å². The van der Waals surface area contributed by atoms with Gasteiger partial charge in [-0.05, 0) is 6.07 Å². The number of fused-ring (bicyclic) bond motifs is 1. The predicted molar refractivity (Wildman–Crippen MR) is 48.1 cm³/mol. The summed E-state index contributed by atoms with van der Waals surface area (Å²) in [7, 11) is 0. The maximum Gasteiger partial charge on any atom is 0.341 e. The van der Waals surface area contributed by atoms with Crippen LogP contribution in [0.25, 0.3) is 11.0 Å². The lowest BCUT2D eigenvalue weighted by Crippen LogP contribution is -2.16. The van der Waals surface area contributed by atoms with E-state index in [9.17, 15) is 9.59 Å². The number of nitrogens with two attached hydrogens (primary N) is 1. The summed E-state index contributed by atoms with van der Waals surface area (Å²) in [5, 5.41) is 15.2. The van der Waals surface area contributed by atoms with Crippen molar-refractivity contribution in [3.63, 3.8) is 0 Å². The van der Waals surface area contributed by atoms with Crippen molar-refractivity contribution >= 4 is 22.8 Å². The van der Waals surface area contributed by atoms with Gasteiger partial charge in [0, 0.05) is 0 Å². The molecule has 7 heteroatoms. The fourth-order valence-corrected chi connectivity index (χ4v) is 1.15. The summed E-state index contributed by atoms with van der Waals surface area (Å²) in [5.74, 6) is -1.08. The van der Waals surface area contributed by atoms with Gasteiger partial charge in [0.15, 0.2) is 5.65 Å². The first-order valence-electron chi connectivity index (χ1n) is 3.70. The zero-order valence-corrected chi connectivity index (χ0v) is 6.87. The molecule has 0 bridgehead atoms. The highest BCUT2D eigenvalue weighted by Crippen LogP contribution is 2.14. The summed E-state index contributed by atoms with van der Waals surface area (Å²) in [6, 6.07) is 1.19. The van der Waals surface area contributed by atoms with Gasteiger partial charge in [-0.25, -0.2) is 4.79 Å². The molecule has 2 aromatic heterocycles. The fourth-order valence-electron chi connectivity index (χ4n) is 1.15. The monoisotopic (exact) mass is 194 g/mol. The second-order valence-electron chi connectivity index (χ2n) is 2.72. The fraction of sp³-hybridized carbons (Fsp3) is 0. The number of nitrogen functional groups attached to an aromatic ring is 1. The van der Waals surface area contributed by atoms with Crippen LogP contribution in [0.3, 0.4) is 0 Å². The Morgan fingerprint density at radius 2 is 2.29 bits per heavy atom. The van der Waals surface area contributed by atoms with Crippen LogP contribution in [0.4, 0.5) is 5.82 Å². The topological polar surface area (TPSA) is 125 Å². The van der Waals surface area contributed by atoms with Crippen LogP contribution in [0.5, 0.6) is 0 Å². The van der Waals surface area contributed by atoms with E-state index < -0.39 is 11.5 Å². The van der Waals surface area contributed by atoms with Crippen molar-refractivity contribution in [2.75, 3.05) is 5.73 Å². The van der Waals surface area contributed by atoms with E-state index in [0.29, 0.717) is 5.39 Å². The molecule has 0 saturated heterocycles. The van der Waals surface area contributed by atoms with Gasteiger partial charge in [-0.1, -0.05) is 0 Å². The molecule has 0 aliphatic carbocycles. The molecule has 2 aromatic rings. The molecule has 7 nitrogen and oxygen atoms in total. The quantitative estimate of drug-likeness (QED) is 0.488. The number of aromatic carboxylic acids is 1. The Bertz CT molecular complexity index is 568. The zero-order valence-electron chi connectivity index (χ0n) is 6.87. The maximum atomic E-state index is 11.2. The molecule has 0 fully saturated rings. The number of anilines is 1. The van der Waals surface area contributed by atoms with Gasteiger partial charge in [0.2, 0.25) is 0 Å². The smallest absolute Gasteiger partial charge is 0.341 e. The highest BCUT2D eigenvalue weighted by molar-refractivity contribution is 5.94. The van der Waals surface area contributed by atoms with E-state index in [4.69, 9.17) is 10.8 Å². The first kappa shape index (κ1) is 8.30. The number of pyridine rings is 1. The van der Waals surface area contributed by atoms with Crippen LogP contribution in [0.1, 0.15) is 10.4 Å². The number of rotatable bonds is 1. The van der Waals surface area contributed by atoms with Crippen molar-refractivity contribution in [2.24, 2.45) is 0 Å². The van der Waals surface area contributed by atoms with Gasteiger partial charge in [-0.3, -0.25) is 9.89 Å². The van der Waals surface area contributed by atoms with Gasteiger partial charge in [0.1, 0.15) is 11.4 Å². The second kappa shape index (κ2) is 2.59. The van der Waals surface area contributed by atoms with Gasteiger partial charge >= 0.3 is 5.97 Å². The third-order valence-electron chi connectivity index (χ3n) is 1.83. The Labute approximate surface area is 76.6 Å². The molecule has 0 aliphatic heterocycles. The molecule has 5 N–H and O–H groups in total. The molecule has 2 rings (SSSR count). The average molecular weight is 194 g/mol. The number of nitrogens with zero attached hydrogens (tertiary/aromatic N) is 1. The SMILES string of the molecule is Nc1[nH]nc2[nH]c(=O)c(C(=O)O)cc12. The highest BCUT2D eigenvalue weighted by atomic mass is 16.4. The number of hydrogen-bond acceptors (Lipinski definition) is 4. The highest BCUT2D eigenvalue weighted by Gasteiger charge is 2.12. The summed E-state index contributed by atoms with van der Waals surface area (Å²) in [6.07, 6.45) is 0. The summed E-state index contributed by atoms with van der Waals surface area (Å²) in [6.45, 7) is 0. The molecule has 0 unspecified atom stereocenters. The van der Waals surface area contributed by atoms with Crippen molar-refractivity contribution in [3.8, 4) is 0 Å². The minimum atomic E-state index is -1.30. The normalized spacial score (nSPS) is 10.6. The molecule has 2 heterocycles. The number of carboxylic acids is 1. The Morgan fingerprint density at radius 1 is 1.57 bits per heavy atom. The zero-order chi connectivity index (χ0) is 10.3. The van der Waals surface area contributed by atoms with Crippen molar-refractivity contribution in [1.29, 1.82) is 0 Å². The number of carboxylic acid groups (broad SMARTS) is 1. The Hall–Kier alpha value is -2.31. The van der Waals surface area contributed by atoms with Crippen LogP contribution < -0.4 is 11.3 Å². The molecule has 0 aromatic carbocycles. The van der Waals surface area contributed by atoms with Crippen LogP contribution in [0.2, 0.25) is 0 Å². The standard InChI is InChI=1S/C7H6N4O3/c8-4-2-1-3(7(13)14)6(12)9-5(2)11-10-4/h1H,(H,13,14)(H4,8,9,10,11,12). The van der Waals surface area contributed by atoms with Gasteiger partial charge in [0.05, 0.1) is 5.39 Å². The summed E-state index contributed by atoms with van der Waals surface area (Å²) >= 11 is 0. The van der Waals surface area contributed by atoms with E-state index in [1.54, 1.807) is 0 Å². The van der Waals surface area contributed by atoms with E-state index in [0.717, 1.165) is 0 Å². The number of aromatic amines is 2. The maximum absolute atomic E-state index is 11.2. The van der Waals surface area contributed by atoms with Crippen LogP contribution in [0, 0.1) is 0 Å². The van der Waals surface area contributed by atoms with Crippen molar-refractivity contribution < 1.29 is 9.90 Å². The van der Waals surface area contributed by atoms with Crippen molar-refractivity contribution in [3.05, 3.63) is 22.0 Å². The van der Waals surface area contributed by atoms with Crippen molar-refractivity contribution in [1.82, 2.24) is 15.2 Å². The van der Waals surface area contributed by atoms with E-state index in [-0.39, 0.29) is 17.0 Å². The molecular formula is C7H6N4O3. The van der Waals surface area contributed by atoms with E-state index in [1.807, 2.05) is 0 Å². The molecule has 0 radical (unpaired) electrons. The van der Waals surface area contributed by atoms with Crippen LogP contribution >= 0.6 is 0 Å². The molecule has 0 saturated carbocycles. The molecular weight excluding hydrogens is 188 g/mol. The van der Waals surface area contributed by atoms with Crippen LogP contribution in [0.15, 0.2) is 10.9 Å². The van der Waals surface area contributed by atoms with E-state index in [1.165, 1.54) is 6.07 Å². The van der Waals surface area contributed by atoms with E-state index in [2.05, 4.69) is 15.2 Å². The Kier molecular flexibility index (Phi) is 1.53. The molecule has 0 atom stereocenters. The Balaban J connectivity index is 2.87. The van der Waals surface area contributed by atoms with Gasteiger partial charge < -0.3 is 15.8 Å². The van der Waals surface area contributed by atoms with Gasteiger partial charge in [-0.15, -0.1) is 0 Å². The Morgan fingerprint density at radius 3 is 2.93 bits per heavy atom. The number of aromatic nitrogens is 3. The number of carbonyl (C=O) groups is 1. The van der Waals surface area contributed by atoms with Crippen LogP contribution in [-0.4, -0.2) is 26.3 Å². The minimum Gasteiger partial charge on any atom is -0.477 e. The van der Waals surface area contributed by atoms with E-state index >= 15 is 0 Å². The third kappa shape index (κ3) is 1.03. The van der Waals surface area contributed by atoms with Gasteiger partial charge in [0.25, 0.3) is 5.56 Å².